The minimum absolute atomic E-state index is 0.0119. The first kappa shape index (κ1) is 36.7. The summed E-state index contributed by atoms with van der Waals surface area (Å²) in [7, 11) is -7.45. The number of hydrogen-bond donors (Lipinski definition) is 2. The van der Waals surface area contributed by atoms with E-state index in [0.717, 1.165) is 30.4 Å². The Morgan fingerprint density at radius 2 is 1.71 bits per heavy atom. The molecule has 1 aromatic rings. The summed E-state index contributed by atoms with van der Waals surface area (Å²) in [5.41, 5.74) is -0.719. The Balaban J connectivity index is 1.69. The van der Waals surface area contributed by atoms with Crippen molar-refractivity contribution < 1.29 is 39.6 Å². The van der Waals surface area contributed by atoms with Crippen LogP contribution < -0.4 is 10.6 Å². The van der Waals surface area contributed by atoms with E-state index in [1.54, 1.807) is 19.1 Å². The van der Waals surface area contributed by atoms with Crippen molar-refractivity contribution in [2.75, 3.05) is 50.5 Å². The van der Waals surface area contributed by atoms with E-state index in [-0.39, 0.29) is 55.5 Å². The molecule has 3 atom stereocenters. The number of carbonyl (C=O) groups excluding carboxylic acids is 2. The molecule has 1 saturated carbocycles. The Labute approximate surface area is 267 Å². The summed E-state index contributed by atoms with van der Waals surface area (Å²) in [6.07, 6.45) is 2.42. The summed E-state index contributed by atoms with van der Waals surface area (Å²) >= 11 is 6.00. The van der Waals surface area contributed by atoms with E-state index in [4.69, 9.17) is 11.6 Å². The number of nitrogens with one attached hydrogen (secondary N) is 2. The highest BCUT2D eigenvalue weighted by atomic mass is 35.5. The highest BCUT2D eigenvalue weighted by molar-refractivity contribution is 7.91. The van der Waals surface area contributed by atoms with Crippen LogP contribution >= 0.6 is 11.6 Å². The van der Waals surface area contributed by atoms with Gasteiger partial charge >= 0.3 is 6.18 Å². The van der Waals surface area contributed by atoms with Crippen molar-refractivity contribution >= 4 is 43.3 Å². The van der Waals surface area contributed by atoms with E-state index in [1.807, 2.05) is 13.0 Å². The lowest BCUT2D eigenvalue weighted by atomic mass is 10.1. The van der Waals surface area contributed by atoms with Crippen LogP contribution in [0.1, 0.15) is 36.2 Å². The molecule has 2 aliphatic rings. The van der Waals surface area contributed by atoms with Gasteiger partial charge in [0, 0.05) is 54.8 Å². The van der Waals surface area contributed by atoms with E-state index in [9.17, 15) is 39.6 Å². The predicted octanol–water partition coefficient (Wildman–Crippen LogP) is 2.95. The molecular weight excluding hydrogens is 657 g/mol. The molecule has 0 aromatic heterocycles. The number of hydrogen-bond acceptors (Lipinski definition) is 7. The van der Waals surface area contributed by atoms with E-state index in [0.29, 0.717) is 17.2 Å². The van der Waals surface area contributed by atoms with Crippen LogP contribution in [0.5, 0.6) is 0 Å². The Bertz CT molecular complexity index is 1550. The summed E-state index contributed by atoms with van der Waals surface area (Å²) in [6.45, 7) is 7.77. The third-order valence-corrected chi connectivity index (χ3v) is 11.2. The maximum absolute atomic E-state index is 13.5. The molecular formula is C29H38ClF3N4O6S2. The largest absolute Gasteiger partial charge is 0.416 e. The first-order chi connectivity index (χ1) is 20.8. The quantitative estimate of drug-likeness (QED) is 0.304. The molecule has 3 rings (SSSR count). The van der Waals surface area contributed by atoms with Crippen molar-refractivity contribution in [1.82, 2.24) is 19.8 Å². The molecule has 250 valence electrons. The van der Waals surface area contributed by atoms with Gasteiger partial charge in [-0.1, -0.05) is 35.9 Å². The molecule has 2 amide bonds. The van der Waals surface area contributed by atoms with Crippen molar-refractivity contribution in [2.24, 2.45) is 5.92 Å². The van der Waals surface area contributed by atoms with Gasteiger partial charge in [0.25, 0.3) is 5.91 Å². The average Bonchev–Trinajstić information content (AvgIpc) is 3.64. The van der Waals surface area contributed by atoms with Crippen molar-refractivity contribution in [3.05, 3.63) is 70.8 Å². The molecule has 2 fully saturated rings. The van der Waals surface area contributed by atoms with Gasteiger partial charge in [0.15, 0.2) is 9.84 Å². The zero-order valence-corrected chi connectivity index (χ0v) is 27.6. The Kier molecular flexibility index (Phi) is 11.7. The first-order valence-electron chi connectivity index (χ1n) is 14.1. The number of nitrogens with zero attached hydrogens (tertiary/aromatic N) is 2. The summed E-state index contributed by atoms with van der Waals surface area (Å²) in [5, 5.41) is 6.17. The highest BCUT2D eigenvalue weighted by Crippen LogP contribution is 2.47. The Morgan fingerprint density at radius 1 is 1.11 bits per heavy atom. The minimum Gasteiger partial charge on any atom is -0.339 e. The smallest absolute Gasteiger partial charge is 0.339 e. The van der Waals surface area contributed by atoms with E-state index in [2.05, 4.69) is 17.2 Å². The molecule has 0 spiro atoms. The first-order valence-corrected chi connectivity index (χ1v) is 18.2. The standard InChI is InChI=1S/C29H38ClF3N4O6S2/c1-5-23(30)11-6-20(2)24-18-28(24,3)34-12-17-45(42,43)19-25(27(39)36-13-15-37(16-14-36)44(4,40)41)35-26(38)21-7-9-22(10-8-21)29(31,32)33/h5-11,24-25,34H,2,12-19H2,1,3-4H3,(H,35,38)/b11-6-,23-5-/t24-,25-,28+/m0/s1. The topological polar surface area (TPSA) is 133 Å². The molecule has 1 heterocycles. The zero-order chi connectivity index (χ0) is 33.8. The number of benzene rings is 1. The summed E-state index contributed by atoms with van der Waals surface area (Å²) in [6, 6.07) is 1.74. The maximum atomic E-state index is 13.5. The van der Waals surface area contributed by atoms with Crippen LogP contribution in [0.2, 0.25) is 0 Å². The Hall–Kier alpha value is -2.72. The van der Waals surface area contributed by atoms with Gasteiger partial charge in [-0.3, -0.25) is 9.59 Å². The normalized spacial score (nSPS) is 22.3. The van der Waals surface area contributed by atoms with Crippen molar-refractivity contribution in [3.8, 4) is 0 Å². The molecule has 0 unspecified atom stereocenters. The molecule has 1 aliphatic heterocycles. The second-order valence-electron chi connectivity index (χ2n) is 11.4. The number of piperazine rings is 1. The molecule has 1 aliphatic carbocycles. The van der Waals surface area contributed by atoms with Gasteiger partial charge in [-0.15, -0.1) is 0 Å². The van der Waals surface area contributed by atoms with Gasteiger partial charge in [-0.05, 0) is 50.6 Å². The SMILES string of the molecule is C=C(/C=C\C(Cl)=C\C)[C@@H]1C[C@@]1(C)NCCS(=O)(=O)C[C@H](NC(=O)c1ccc(C(F)(F)F)cc1)C(=O)N1CCN(S(C)(=O)=O)CC1. The molecule has 45 heavy (non-hydrogen) atoms. The van der Waals surface area contributed by atoms with Gasteiger partial charge in [-0.25, -0.2) is 16.8 Å². The van der Waals surface area contributed by atoms with Crippen LogP contribution in [-0.2, 0) is 30.8 Å². The number of rotatable bonds is 13. The maximum Gasteiger partial charge on any atom is 0.416 e. The Morgan fingerprint density at radius 3 is 2.24 bits per heavy atom. The van der Waals surface area contributed by atoms with Gasteiger partial charge in [0.2, 0.25) is 15.9 Å². The number of amides is 2. The van der Waals surface area contributed by atoms with Gasteiger partial charge in [0.05, 0.1) is 23.3 Å². The minimum atomic E-state index is -4.62. The fourth-order valence-corrected chi connectivity index (χ4v) is 7.22. The van der Waals surface area contributed by atoms with Crippen molar-refractivity contribution in [3.63, 3.8) is 0 Å². The fraction of sp³-hybridized carbons (Fsp3) is 0.517. The third-order valence-electron chi connectivity index (χ3n) is 7.88. The van der Waals surface area contributed by atoms with Crippen LogP contribution in [0.25, 0.3) is 0 Å². The third kappa shape index (κ3) is 10.4. The van der Waals surface area contributed by atoms with Gasteiger partial charge in [0.1, 0.15) is 6.04 Å². The second-order valence-corrected chi connectivity index (χ2v) is 16.0. The van der Waals surface area contributed by atoms with Crippen LogP contribution in [0.3, 0.4) is 0 Å². The molecule has 10 nitrogen and oxygen atoms in total. The van der Waals surface area contributed by atoms with Gasteiger partial charge < -0.3 is 15.5 Å². The average molecular weight is 695 g/mol. The van der Waals surface area contributed by atoms with Crippen LogP contribution in [0.15, 0.2) is 59.7 Å². The summed E-state index contributed by atoms with van der Waals surface area (Å²) in [5.74, 6) is -2.71. The highest BCUT2D eigenvalue weighted by Gasteiger charge is 2.50. The molecule has 0 bridgehead atoms. The molecule has 1 saturated heterocycles. The van der Waals surface area contributed by atoms with Crippen LogP contribution in [-0.4, -0.2) is 99.9 Å². The zero-order valence-electron chi connectivity index (χ0n) is 25.2. The monoisotopic (exact) mass is 694 g/mol. The molecule has 2 N–H and O–H groups in total. The fourth-order valence-electron chi connectivity index (χ4n) is 5.02. The number of halogens is 4. The molecule has 16 heteroatoms. The molecule has 0 radical (unpaired) electrons. The van der Waals surface area contributed by atoms with Crippen molar-refractivity contribution in [1.29, 1.82) is 0 Å². The summed E-state index contributed by atoms with van der Waals surface area (Å²) in [4.78, 5) is 27.7. The lowest BCUT2D eigenvalue weighted by Gasteiger charge is -2.35. The number of alkyl halides is 3. The van der Waals surface area contributed by atoms with Crippen molar-refractivity contribution in [2.45, 2.75) is 38.0 Å². The van der Waals surface area contributed by atoms with E-state index < -0.39 is 55.2 Å². The lowest BCUT2D eigenvalue weighted by molar-refractivity contribution is -0.137. The van der Waals surface area contributed by atoms with E-state index >= 15 is 0 Å². The lowest BCUT2D eigenvalue weighted by Crippen LogP contribution is -2.57. The van der Waals surface area contributed by atoms with Gasteiger partial charge in [-0.2, -0.15) is 17.5 Å². The van der Waals surface area contributed by atoms with E-state index in [1.165, 1.54) is 9.21 Å². The second kappa shape index (κ2) is 14.4. The number of allylic oxidation sites excluding steroid dienone is 4. The number of sulfone groups is 1. The number of carbonyl (C=O) groups is 2. The molecule has 1 aromatic carbocycles. The number of sulfonamides is 1. The van der Waals surface area contributed by atoms with Crippen LogP contribution in [0, 0.1) is 5.92 Å². The summed E-state index contributed by atoms with van der Waals surface area (Å²) < 4.78 is 90.2. The predicted molar refractivity (Wildman–Crippen MR) is 167 cm³/mol. The van der Waals surface area contributed by atoms with Crippen LogP contribution in [0.4, 0.5) is 13.2 Å².